The molecular weight excluding hydrogens is 558 g/mol. The van der Waals surface area contributed by atoms with Crippen molar-refractivity contribution in [1.29, 1.82) is 0 Å². The number of aryl methyl sites for hydroxylation is 3. The first-order chi connectivity index (χ1) is 21.3. The fraction of sp³-hybridized carbons (Fsp3) is 0.469. The van der Waals surface area contributed by atoms with E-state index in [0.29, 0.717) is 73.8 Å². The summed E-state index contributed by atoms with van der Waals surface area (Å²) in [5, 5.41) is 7.93. The van der Waals surface area contributed by atoms with Gasteiger partial charge in [-0.1, -0.05) is 30.3 Å². The molecule has 0 radical (unpaired) electrons. The minimum absolute atomic E-state index is 0.0559. The van der Waals surface area contributed by atoms with Gasteiger partial charge in [0.2, 0.25) is 11.8 Å². The summed E-state index contributed by atoms with van der Waals surface area (Å²) in [5.74, 6) is 1.60. The lowest BCUT2D eigenvalue weighted by atomic mass is 9.99. The van der Waals surface area contributed by atoms with Crippen LogP contribution in [0, 0.1) is 13.8 Å². The van der Waals surface area contributed by atoms with E-state index in [9.17, 15) is 14.4 Å². The lowest BCUT2D eigenvalue weighted by Crippen LogP contribution is -2.53. The summed E-state index contributed by atoms with van der Waals surface area (Å²) in [7, 11) is 1.88. The van der Waals surface area contributed by atoms with Crippen molar-refractivity contribution in [2.75, 3.05) is 19.6 Å². The van der Waals surface area contributed by atoms with Crippen molar-refractivity contribution in [2.45, 2.75) is 71.0 Å². The van der Waals surface area contributed by atoms with E-state index in [0.717, 1.165) is 24.2 Å². The Labute approximate surface area is 256 Å². The lowest BCUT2D eigenvalue weighted by Gasteiger charge is -2.36. The molecule has 44 heavy (non-hydrogen) atoms. The van der Waals surface area contributed by atoms with Crippen molar-refractivity contribution < 1.29 is 14.4 Å². The van der Waals surface area contributed by atoms with E-state index < -0.39 is 12.1 Å². The molecule has 12 nitrogen and oxygen atoms in total. The summed E-state index contributed by atoms with van der Waals surface area (Å²) < 4.78 is 3.68. The molecule has 0 bridgehead atoms. The van der Waals surface area contributed by atoms with Crippen molar-refractivity contribution in [3.8, 4) is 0 Å². The maximum absolute atomic E-state index is 14.1. The number of benzene rings is 1. The molecule has 0 unspecified atom stereocenters. The molecule has 0 spiro atoms. The van der Waals surface area contributed by atoms with Gasteiger partial charge in [0.1, 0.15) is 29.0 Å². The van der Waals surface area contributed by atoms with Gasteiger partial charge in [0, 0.05) is 39.3 Å². The quantitative estimate of drug-likeness (QED) is 0.384. The summed E-state index contributed by atoms with van der Waals surface area (Å²) in [6.45, 7) is 5.36. The molecule has 5 heterocycles. The molecule has 12 heteroatoms. The van der Waals surface area contributed by atoms with Gasteiger partial charge in [-0.05, 0) is 57.6 Å². The first-order valence-electron chi connectivity index (χ1n) is 15.4. The number of nitrogens with one attached hydrogen (secondary N) is 1. The Bertz CT molecular complexity index is 1680. The minimum atomic E-state index is -0.537. The van der Waals surface area contributed by atoms with Gasteiger partial charge in [0.15, 0.2) is 5.65 Å². The average Bonchev–Trinajstić information content (AvgIpc) is 3.55. The Morgan fingerprint density at radius 3 is 2.61 bits per heavy atom. The van der Waals surface area contributed by atoms with E-state index in [4.69, 9.17) is 4.98 Å². The summed E-state index contributed by atoms with van der Waals surface area (Å²) >= 11 is 0. The number of imidazole rings is 1. The third kappa shape index (κ3) is 5.93. The summed E-state index contributed by atoms with van der Waals surface area (Å²) in [5.41, 5.74) is 2.74. The number of aromatic nitrogens is 6. The van der Waals surface area contributed by atoms with Crippen LogP contribution in [0.1, 0.15) is 71.5 Å². The number of carbonyl (C=O) groups excluding carboxylic acids is 3. The van der Waals surface area contributed by atoms with Gasteiger partial charge in [0.25, 0.3) is 5.91 Å². The Morgan fingerprint density at radius 1 is 0.977 bits per heavy atom. The zero-order valence-corrected chi connectivity index (χ0v) is 25.6. The summed E-state index contributed by atoms with van der Waals surface area (Å²) in [6, 6.07) is 10.7. The van der Waals surface area contributed by atoms with Crippen LogP contribution in [0.15, 0.2) is 42.6 Å². The Hall–Kier alpha value is -4.61. The van der Waals surface area contributed by atoms with Gasteiger partial charge in [-0.15, -0.1) is 0 Å². The normalized spacial score (nSPS) is 20.2. The lowest BCUT2D eigenvalue weighted by molar-refractivity contribution is -0.142. The zero-order chi connectivity index (χ0) is 30.8. The Kier molecular flexibility index (Phi) is 8.40. The van der Waals surface area contributed by atoms with Crippen LogP contribution in [0.5, 0.6) is 0 Å². The number of amides is 3. The fourth-order valence-electron chi connectivity index (χ4n) is 6.35. The highest BCUT2D eigenvalue weighted by Gasteiger charge is 2.34. The van der Waals surface area contributed by atoms with Gasteiger partial charge in [-0.2, -0.15) is 5.10 Å². The number of nitrogens with zero attached hydrogens (tertiary/aromatic N) is 8. The second-order valence-electron chi connectivity index (χ2n) is 11.7. The first kappa shape index (κ1) is 29.5. The van der Waals surface area contributed by atoms with E-state index in [1.165, 1.54) is 0 Å². The second-order valence-corrected chi connectivity index (χ2v) is 11.7. The number of fused-ring (bicyclic) bond motifs is 3. The van der Waals surface area contributed by atoms with Crippen LogP contribution in [-0.4, -0.2) is 82.5 Å². The van der Waals surface area contributed by atoms with Crippen LogP contribution in [0.4, 0.5) is 0 Å². The number of hydrogen-bond acceptors (Lipinski definition) is 7. The molecule has 3 aromatic heterocycles. The van der Waals surface area contributed by atoms with Crippen molar-refractivity contribution in [3.05, 3.63) is 71.2 Å². The van der Waals surface area contributed by atoms with Gasteiger partial charge in [-0.3, -0.25) is 14.4 Å². The third-order valence-corrected chi connectivity index (χ3v) is 8.74. The highest BCUT2D eigenvalue weighted by Crippen LogP contribution is 2.24. The highest BCUT2D eigenvalue weighted by molar-refractivity contribution is 6.04. The smallest absolute Gasteiger partial charge is 0.256 e. The highest BCUT2D eigenvalue weighted by atomic mass is 16.2. The van der Waals surface area contributed by atoms with Gasteiger partial charge in [-0.25, -0.2) is 19.6 Å². The molecule has 1 N–H and O–H groups in total. The first-order valence-corrected chi connectivity index (χ1v) is 15.4. The standard InChI is InChI=1S/C32H39N9O3/c1-21-34-29-25(20-23-10-5-4-6-11-23)36-31(43)26-12-7-8-17-40(26)27(42)13-9-16-39(18-19-41(29)37-21)32(44)24-14-15-33-30-28(24)35-22(2)38(30)3/h4-6,10-11,14-15,25-26H,7-9,12-13,16-20H2,1-3H3,(H,36,43)/t25-,26+/m1/s1. The molecule has 6 rings (SSSR count). The molecule has 1 aromatic carbocycles. The third-order valence-electron chi connectivity index (χ3n) is 8.74. The molecule has 0 aliphatic carbocycles. The van der Waals surface area contributed by atoms with E-state index in [1.54, 1.807) is 22.1 Å². The Morgan fingerprint density at radius 2 is 1.80 bits per heavy atom. The van der Waals surface area contributed by atoms with Crippen molar-refractivity contribution in [3.63, 3.8) is 0 Å². The van der Waals surface area contributed by atoms with Crippen molar-refractivity contribution in [2.24, 2.45) is 7.05 Å². The van der Waals surface area contributed by atoms with Crippen LogP contribution < -0.4 is 5.32 Å². The van der Waals surface area contributed by atoms with Gasteiger partial charge in [0.05, 0.1) is 18.2 Å². The summed E-state index contributed by atoms with van der Waals surface area (Å²) in [4.78, 5) is 58.7. The molecule has 1 saturated heterocycles. The molecule has 230 valence electrons. The molecule has 0 saturated carbocycles. The van der Waals surface area contributed by atoms with Gasteiger partial charge >= 0.3 is 0 Å². The van der Waals surface area contributed by atoms with Crippen LogP contribution >= 0.6 is 0 Å². The van der Waals surface area contributed by atoms with Crippen LogP contribution in [0.3, 0.4) is 0 Å². The predicted octanol–water partition coefficient (Wildman–Crippen LogP) is 2.89. The van der Waals surface area contributed by atoms with Gasteiger partial charge < -0.3 is 19.7 Å². The fourth-order valence-corrected chi connectivity index (χ4v) is 6.35. The van der Waals surface area contributed by atoms with Crippen LogP contribution in [0.2, 0.25) is 0 Å². The number of carbonyl (C=O) groups is 3. The van der Waals surface area contributed by atoms with Crippen molar-refractivity contribution in [1.82, 2.24) is 44.4 Å². The maximum Gasteiger partial charge on any atom is 0.256 e. The topological polar surface area (TPSA) is 131 Å². The number of pyridine rings is 1. The molecule has 1 fully saturated rings. The predicted molar refractivity (Wildman–Crippen MR) is 164 cm³/mol. The maximum atomic E-state index is 14.1. The molecular formula is C32H39N9O3. The molecule has 3 amide bonds. The zero-order valence-electron chi connectivity index (χ0n) is 25.6. The molecule has 2 atom stereocenters. The number of rotatable bonds is 3. The summed E-state index contributed by atoms with van der Waals surface area (Å²) in [6.07, 6.45) is 5.25. The SMILES string of the molecule is Cc1nc2n(n1)CCN(C(=O)c1ccnc3c1nc(C)n3C)CCCC(=O)N1CCCC[C@H]1C(=O)N[C@@H]2Cc1ccccc1. The van der Waals surface area contributed by atoms with E-state index >= 15 is 0 Å². The monoisotopic (exact) mass is 597 g/mol. The number of piperidine rings is 1. The largest absolute Gasteiger partial charge is 0.344 e. The number of hydrogen-bond donors (Lipinski definition) is 1. The van der Waals surface area contributed by atoms with Crippen LogP contribution in [0.25, 0.3) is 11.2 Å². The second kappa shape index (κ2) is 12.6. The molecule has 2 aliphatic rings. The van der Waals surface area contributed by atoms with E-state index in [1.807, 2.05) is 60.5 Å². The molecule has 2 aliphatic heterocycles. The molecule has 4 aromatic rings. The van der Waals surface area contributed by atoms with E-state index in [-0.39, 0.29) is 24.1 Å². The average molecular weight is 598 g/mol. The van der Waals surface area contributed by atoms with Crippen LogP contribution in [-0.2, 0) is 29.6 Å². The van der Waals surface area contributed by atoms with E-state index in [2.05, 4.69) is 20.4 Å². The Balaban J connectivity index is 1.37. The van der Waals surface area contributed by atoms with Crippen molar-refractivity contribution >= 4 is 28.9 Å². The minimum Gasteiger partial charge on any atom is -0.344 e.